The molecule has 5 nitrogen and oxygen atoms in total. The summed E-state index contributed by atoms with van der Waals surface area (Å²) >= 11 is 0. The highest BCUT2D eigenvalue weighted by molar-refractivity contribution is 7.91. The Morgan fingerprint density at radius 3 is 2.68 bits per heavy atom. The minimum absolute atomic E-state index is 0.261. The van der Waals surface area contributed by atoms with E-state index in [1.807, 2.05) is 6.92 Å². The topological polar surface area (TPSA) is 62.6 Å². The molecule has 1 saturated heterocycles. The molecule has 1 aliphatic heterocycles. The first kappa shape index (κ1) is 14.6. The van der Waals surface area contributed by atoms with Crippen molar-refractivity contribution in [2.45, 2.75) is 26.9 Å². The number of hydrogen-bond donors (Lipinski definition) is 1. The largest absolute Gasteiger partial charge is 0.463 e. The highest BCUT2D eigenvalue weighted by Gasteiger charge is 2.22. The average molecular weight is 286 g/mol. The maximum Gasteiger partial charge on any atom is 0.152 e. The molecule has 0 aliphatic carbocycles. The fraction of sp³-hybridized carbons (Fsp3) is 0.692. The quantitative estimate of drug-likeness (QED) is 0.872. The molecular weight excluding hydrogens is 264 g/mol. The molecule has 1 fully saturated rings. The number of aryl methyl sites for hydroxylation is 1. The standard InChI is InChI=1S/C13H22N2O3S/c1-3-14-9-13-11(2)8-12(18-13)10-15-4-6-19(16,17)7-5-15/h8,14H,3-7,9-10H2,1-2H3. The molecule has 1 N–H and O–H groups in total. The summed E-state index contributed by atoms with van der Waals surface area (Å²) in [5.74, 6) is 2.42. The normalized spacial score (nSPS) is 19.7. The van der Waals surface area contributed by atoms with E-state index < -0.39 is 9.84 Å². The number of rotatable bonds is 5. The van der Waals surface area contributed by atoms with Gasteiger partial charge >= 0.3 is 0 Å². The lowest BCUT2D eigenvalue weighted by molar-refractivity contribution is 0.259. The zero-order chi connectivity index (χ0) is 13.9. The van der Waals surface area contributed by atoms with E-state index in [1.165, 1.54) is 0 Å². The predicted octanol–water partition coefficient (Wildman–Crippen LogP) is 0.928. The molecule has 6 heteroatoms. The summed E-state index contributed by atoms with van der Waals surface area (Å²) in [6.45, 7) is 7.67. The smallest absolute Gasteiger partial charge is 0.152 e. The average Bonchev–Trinajstić information content (AvgIpc) is 2.70. The fourth-order valence-corrected chi connectivity index (χ4v) is 3.49. The molecule has 0 bridgehead atoms. The number of furan rings is 1. The first-order chi connectivity index (χ1) is 9.00. The molecule has 1 aliphatic rings. The van der Waals surface area contributed by atoms with Gasteiger partial charge in [0.15, 0.2) is 9.84 Å². The zero-order valence-electron chi connectivity index (χ0n) is 11.6. The van der Waals surface area contributed by atoms with E-state index in [0.717, 1.165) is 30.2 Å². The highest BCUT2D eigenvalue weighted by Crippen LogP contribution is 2.17. The Kier molecular flexibility index (Phi) is 4.65. The molecular formula is C13H22N2O3S. The van der Waals surface area contributed by atoms with Crippen molar-refractivity contribution in [3.63, 3.8) is 0 Å². The molecule has 0 atom stereocenters. The molecule has 0 saturated carbocycles. The van der Waals surface area contributed by atoms with Crippen LogP contribution in [0.4, 0.5) is 0 Å². The minimum atomic E-state index is -2.81. The van der Waals surface area contributed by atoms with Crippen LogP contribution >= 0.6 is 0 Å². The Hall–Kier alpha value is -0.850. The molecule has 108 valence electrons. The minimum Gasteiger partial charge on any atom is -0.463 e. The van der Waals surface area contributed by atoms with Crippen molar-refractivity contribution < 1.29 is 12.8 Å². The van der Waals surface area contributed by atoms with Crippen LogP contribution < -0.4 is 5.32 Å². The van der Waals surface area contributed by atoms with E-state index in [2.05, 4.69) is 23.2 Å². The van der Waals surface area contributed by atoms with Crippen molar-refractivity contribution in [3.8, 4) is 0 Å². The Morgan fingerprint density at radius 2 is 2.05 bits per heavy atom. The lowest BCUT2D eigenvalue weighted by atomic mass is 10.2. The summed E-state index contributed by atoms with van der Waals surface area (Å²) in [5.41, 5.74) is 1.15. The fourth-order valence-electron chi connectivity index (χ4n) is 2.21. The number of hydrogen-bond acceptors (Lipinski definition) is 5. The summed E-state index contributed by atoms with van der Waals surface area (Å²) < 4.78 is 28.6. The van der Waals surface area contributed by atoms with Crippen LogP contribution in [0.15, 0.2) is 10.5 Å². The Labute approximate surface area is 114 Å². The van der Waals surface area contributed by atoms with Crippen LogP contribution in [0.25, 0.3) is 0 Å². The van der Waals surface area contributed by atoms with Crippen molar-refractivity contribution in [1.82, 2.24) is 10.2 Å². The summed E-state index contributed by atoms with van der Waals surface area (Å²) in [7, 11) is -2.81. The second kappa shape index (κ2) is 6.07. The summed E-state index contributed by atoms with van der Waals surface area (Å²) in [6, 6.07) is 2.05. The van der Waals surface area contributed by atoms with Crippen LogP contribution in [0.3, 0.4) is 0 Å². The second-order valence-corrected chi connectivity index (χ2v) is 7.33. The van der Waals surface area contributed by atoms with E-state index >= 15 is 0 Å². The SMILES string of the molecule is CCNCc1oc(CN2CCS(=O)(=O)CC2)cc1C. The van der Waals surface area contributed by atoms with Crippen molar-refractivity contribution in [2.24, 2.45) is 0 Å². The molecule has 2 rings (SSSR count). The number of sulfone groups is 1. The first-order valence-electron chi connectivity index (χ1n) is 6.72. The molecule has 1 aromatic rings. The van der Waals surface area contributed by atoms with E-state index in [4.69, 9.17) is 4.42 Å². The van der Waals surface area contributed by atoms with Gasteiger partial charge < -0.3 is 9.73 Å². The Bertz CT molecular complexity index is 508. The summed E-state index contributed by atoms with van der Waals surface area (Å²) in [6.07, 6.45) is 0. The van der Waals surface area contributed by atoms with Crippen molar-refractivity contribution in [1.29, 1.82) is 0 Å². The van der Waals surface area contributed by atoms with Crippen LogP contribution in [-0.4, -0.2) is 44.5 Å². The van der Waals surface area contributed by atoms with Gasteiger partial charge in [0.25, 0.3) is 0 Å². The van der Waals surface area contributed by atoms with Crippen LogP contribution in [0.1, 0.15) is 24.0 Å². The molecule has 0 radical (unpaired) electrons. The van der Waals surface area contributed by atoms with Gasteiger partial charge in [-0.15, -0.1) is 0 Å². The lowest BCUT2D eigenvalue weighted by Crippen LogP contribution is -2.39. The third-order valence-corrected chi connectivity index (χ3v) is 5.03. The lowest BCUT2D eigenvalue weighted by Gasteiger charge is -2.25. The van der Waals surface area contributed by atoms with Crippen LogP contribution in [0, 0.1) is 6.92 Å². The Balaban J connectivity index is 1.93. The molecule has 0 amide bonds. The maximum atomic E-state index is 11.4. The molecule has 19 heavy (non-hydrogen) atoms. The van der Waals surface area contributed by atoms with E-state index in [9.17, 15) is 8.42 Å². The molecule has 1 aromatic heterocycles. The van der Waals surface area contributed by atoms with Gasteiger partial charge in [0.2, 0.25) is 0 Å². The van der Waals surface area contributed by atoms with Crippen LogP contribution in [0.2, 0.25) is 0 Å². The summed E-state index contributed by atoms with van der Waals surface area (Å²) in [4.78, 5) is 2.14. The maximum absolute atomic E-state index is 11.4. The number of nitrogens with one attached hydrogen (secondary N) is 1. The monoisotopic (exact) mass is 286 g/mol. The molecule has 2 heterocycles. The molecule has 0 spiro atoms. The van der Waals surface area contributed by atoms with Crippen LogP contribution in [-0.2, 0) is 22.9 Å². The van der Waals surface area contributed by atoms with Gasteiger partial charge in [0.1, 0.15) is 11.5 Å². The second-order valence-electron chi connectivity index (χ2n) is 5.03. The van der Waals surface area contributed by atoms with Gasteiger partial charge in [-0.05, 0) is 25.1 Å². The van der Waals surface area contributed by atoms with Crippen molar-refractivity contribution in [2.75, 3.05) is 31.1 Å². The van der Waals surface area contributed by atoms with Gasteiger partial charge in [-0.1, -0.05) is 6.92 Å². The zero-order valence-corrected chi connectivity index (χ0v) is 12.4. The van der Waals surface area contributed by atoms with Gasteiger partial charge in [0, 0.05) is 13.1 Å². The first-order valence-corrected chi connectivity index (χ1v) is 8.54. The van der Waals surface area contributed by atoms with Gasteiger partial charge in [-0.2, -0.15) is 0 Å². The summed E-state index contributed by atoms with van der Waals surface area (Å²) in [5, 5.41) is 3.25. The Morgan fingerprint density at radius 1 is 1.37 bits per heavy atom. The highest BCUT2D eigenvalue weighted by atomic mass is 32.2. The molecule has 0 unspecified atom stereocenters. The van der Waals surface area contributed by atoms with E-state index in [-0.39, 0.29) is 11.5 Å². The third-order valence-electron chi connectivity index (χ3n) is 3.42. The van der Waals surface area contributed by atoms with Crippen molar-refractivity contribution >= 4 is 9.84 Å². The van der Waals surface area contributed by atoms with Gasteiger partial charge in [0.05, 0.1) is 24.6 Å². The van der Waals surface area contributed by atoms with Crippen LogP contribution in [0.5, 0.6) is 0 Å². The van der Waals surface area contributed by atoms with E-state index in [1.54, 1.807) is 0 Å². The van der Waals surface area contributed by atoms with Gasteiger partial charge in [-0.25, -0.2) is 8.42 Å². The number of nitrogens with zero attached hydrogens (tertiary/aromatic N) is 1. The van der Waals surface area contributed by atoms with Crippen molar-refractivity contribution in [3.05, 3.63) is 23.2 Å². The van der Waals surface area contributed by atoms with Gasteiger partial charge in [-0.3, -0.25) is 4.90 Å². The molecule has 0 aromatic carbocycles. The predicted molar refractivity (Wildman–Crippen MR) is 74.8 cm³/mol. The van der Waals surface area contributed by atoms with E-state index in [0.29, 0.717) is 19.6 Å². The third kappa shape index (κ3) is 4.06.